The second kappa shape index (κ2) is 7.46. The minimum absolute atomic E-state index is 0.370. The molecule has 0 unspecified atom stereocenters. The van der Waals surface area contributed by atoms with Gasteiger partial charge in [-0.05, 0) is 30.4 Å². The average molecular weight is 356 g/mol. The van der Waals surface area contributed by atoms with Crippen molar-refractivity contribution in [2.45, 2.75) is 44.7 Å². The predicted octanol–water partition coefficient (Wildman–Crippen LogP) is 4.80. The largest absolute Gasteiger partial charge is 0.277 e. The summed E-state index contributed by atoms with van der Waals surface area (Å²) >= 11 is 5.56. The Labute approximate surface area is 133 Å². The van der Waals surface area contributed by atoms with Crippen molar-refractivity contribution >= 4 is 33.3 Å². The highest BCUT2D eigenvalue weighted by Gasteiger charge is 2.28. The van der Waals surface area contributed by atoms with E-state index < -0.39 is 0 Å². The fourth-order valence-corrected chi connectivity index (χ4v) is 4.88. The zero-order chi connectivity index (χ0) is 14.4. The fraction of sp³-hybridized carbons (Fsp3) is 0.600. The van der Waals surface area contributed by atoms with Gasteiger partial charge in [0, 0.05) is 17.3 Å². The normalized spacial score (nSPS) is 12.2. The molecule has 0 radical (unpaired) electrons. The molecule has 0 saturated heterocycles. The highest BCUT2D eigenvalue weighted by molar-refractivity contribution is 9.09. The number of aromatic nitrogens is 3. The van der Waals surface area contributed by atoms with E-state index in [9.17, 15) is 0 Å². The van der Waals surface area contributed by atoms with E-state index in [0.717, 1.165) is 21.9 Å². The van der Waals surface area contributed by atoms with Crippen molar-refractivity contribution in [3.05, 3.63) is 24.4 Å². The Morgan fingerprint density at radius 2 is 1.95 bits per heavy atom. The van der Waals surface area contributed by atoms with Crippen LogP contribution in [-0.4, -0.2) is 25.7 Å². The van der Waals surface area contributed by atoms with E-state index in [1.54, 1.807) is 0 Å². The quantitative estimate of drug-likeness (QED) is 0.503. The molecule has 0 aromatic carbocycles. The molecule has 3 nitrogen and oxygen atoms in total. The Morgan fingerprint density at radius 3 is 2.60 bits per heavy atom. The predicted molar refractivity (Wildman–Crippen MR) is 89.8 cm³/mol. The van der Waals surface area contributed by atoms with Gasteiger partial charge in [0.2, 0.25) is 0 Å². The Balaban J connectivity index is 2.12. The van der Waals surface area contributed by atoms with Crippen molar-refractivity contribution < 1.29 is 0 Å². The lowest BCUT2D eigenvalue weighted by Crippen LogP contribution is -2.25. The summed E-state index contributed by atoms with van der Waals surface area (Å²) < 4.78 is 2.07. The molecule has 0 amide bonds. The molecule has 0 fully saturated rings. The van der Waals surface area contributed by atoms with Gasteiger partial charge < -0.3 is 0 Å². The molecule has 2 aromatic rings. The monoisotopic (exact) mass is 355 g/mol. The minimum atomic E-state index is 0.370. The molecule has 0 saturated carbocycles. The maximum atomic E-state index is 4.31. The van der Waals surface area contributed by atoms with Gasteiger partial charge in [0.05, 0.1) is 0 Å². The highest BCUT2D eigenvalue weighted by Crippen LogP contribution is 2.37. The molecule has 0 aliphatic rings. The number of fused-ring (bicyclic) bond motifs is 1. The molecule has 0 aliphatic heterocycles. The second-order valence-electron chi connectivity index (χ2n) is 5.33. The maximum absolute atomic E-state index is 4.31. The number of hydrogen-bond donors (Lipinski definition) is 0. The first kappa shape index (κ1) is 15.8. The first-order valence-corrected chi connectivity index (χ1v) is 9.34. The Morgan fingerprint density at radius 1 is 1.20 bits per heavy atom. The number of halogens is 1. The zero-order valence-electron chi connectivity index (χ0n) is 12.2. The van der Waals surface area contributed by atoms with E-state index >= 15 is 0 Å². The number of rotatable bonds is 8. The van der Waals surface area contributed by atoms with Gasteiger partial charge in [0.15, 0.2) is 10.8 Å². The summed E-state index contributed by atoms with van der Waals surface area (Å²) in [6.45, 7) is 4.54. The van der Waals surface area contributed by atoms with Gasteiger partial charge in [0.25, 0.3) is 0 Å². The van der Waals surface area contributed by atoms with Crippen LogP contribution in [0.1, 0.15) is 39.5 Å². The Hall–Kier alpha value is -0.550. The van der Waals surface area contributed by atoms with Gasteiger partial charge in [-0.1, -0.05) is 60.4 Å². The molecule has 5 heteroatoms. The summed E-state index contributed by atoms with van der Waals surface area (Å²) in [5, 5.41) is 10.6. The van der Waals surface area contributed by atoms with E-state index in [-0.39, 0.29) is 0 Å². The summed E-state index contributed by atoms with van der Waals surface area (Å²) in [6, 6.07) is 6.01. The van der Waals surface area contributed by atoms with Crippen molar-refractivity contribution in [2.24, 2.45) is 5.41 Å². The van der Waals surface area contributed by atoms with Crippen LogP contribution in [0.4, 0.5) is 0 Å². The standard InChI is InChI=1S/C15H22BrN3S/c1-3-8-15(11-16,9-4-2)12-20-14-18-17-13-7-5-6-10-19(13)14/h5-7,10H,3-4,8-9,11-12H2,1-2H3. The molecule has 2 rings (SSSR count). The molecule has 0 aliphatic carbocycles. The lowest BCUT2D eigenvalue weighted by atomic mass is 9.83. The van der Waals surface area contributed by atoms with E-state index in [0.29, 0.717) is 5.41 Å². The third-order valence-corrected chi connectivity index (χ3v) is 6.12. The van der Waals surface area contributed by atoms with Gasteiger partial charge in [-0.15, -0.1) is 10.2 Å². The fourth-order valence-electron chi connectivity index (χ4n) is 2.64. The van der Waals surface area contributed by atoms with Crippen LogP contribution in [-0.2, 0) is 0 Å². The molecular formula is C15H22BrN3S. The first-order chi connectivity index (χ1) is 9.74. The lowest BCUT2D eigenvalue weighted by Gasteiger charge is -2.31. The van der Waals surface area contributed by atoms with Gasteiger partial charge in [0.1, 0.15) is 0 Å². The number of nitrogens with zero attached hydrogens (tertiary/aromatic N) is 3. The molecule has 0 spiro atoms. The Bertz CT molecular complexity index is 535. The van der Waals surface area contributed by atoms with Crippen LogP contribution < -0.4 is 0 Å². The number of alkyl halides is 1. The van der Waals surface area contributed by atoms with Crippen LogP contribution in [0.2, 0.25) is 0 Å². The molecule has 110 valence electrons. The van der Waals surface area contributed by atoms with Crippen LogP contribution in [0.25, 0.3) is 5.65 Å². The number of thioether (sulfide) groups is 1. The van der Waals surface area contributed by atoms with Gasteiger partial charge in [-0.25, -0.2) is 0 Å². The molecule has 0 atom stereocenters. The third-order valence-electron chi connectivity index (χ3n) is 3.63. The van der Waals surface area contributed by atoms with Gasteiger partial charge in [-0.3, -0.25) is 4.40 Å². The van der Waals surface area contributed by atoms with E-state index in [4.69, 9.17) is 0 Å². The van der Waals surface area contributed by atoms with Crippen molar-refractivity contribution in [3.63, 3.8) is 0 Å². The summed E-state index contributed by atoms with van der Waals surface area (Å²) in [6.07, 6.45) is 7.01. The molecule has 2 heterocycles. The molecule has 20 heavy (non-hydrogen) atoms. The van der Waals surface area contributed by atoms with Gasteiger partial charge >= 0.3 is 0 Å². The summed E-state index contributed by atoms with van der Waals surface area (Å²) in [5.41, 5.74) is 1.29. The maximum Gasteiger partial charge on any atom is 0.195 e. The second-order valence-corrected chi connectivity index (χ2v) is 6.84. The number of pyridine rings is 1. The lowest BCUT2D eigenvalue weighted by molar-refractivity contribution is 0.320. The summed E-state index contributed by atoms with van der Waals surface area (Å²) in [5.74, 6) is 1.09. The van der Waals surface area contributed by atoms with Crippen LogP contribution >= 0.6 is 27.7 Å². The van der Waals surface area contributed by atoms with E-state index in [1.807, 2.05) is 36.2 Å². The summed E-state index contributed by atoms with van der Waals surface area (Å²) in [4.78, 5) is 0. The summed E-state index contributed by atoms with van der Waals surface area (Å²) in [7, 11) is 0. The molecule has 2 aromatic heterocycles. The highest BCUT2D eigenvalue weighted by atomic mass is 79.9. The van der Waals surface area contributed by atoms with Gasteiger partial charge in [-0.2, -0.15) is 0 Å². The topological polar surface area (TPSA) is 30.2 Å². The molecular weight excluding hydrogens is 334 g/mol. The van der Waals surface area contributed by atoms with Crippen molar-refractivity contribution in [1.29, 1.82) is 0 Å². The van der Waals surface area contributed by atoms with E-state index in [2.05, 4.69) is 44.4 Å². The van der Waals surface area contributed by atoms with Crippen LogP contribution in [0, 0.1) is 5.41 Å². The molecule has 0 bridgehead atoms. The van der Waals surface area contributed by atoms with Crippen molar-refractivity contribution in [2.75, 3.05) is 11.1 Å². The third kappa shape index (κ3) is 3.55. The molecule has 0 N–H and O–H groups in total. The van der Waals surface area contributed by atoms with Crippen LogP contribution in [0.5, 0.6) is 0 Å². The minimum Gasteiger partial charge on any atom is -0.277 e. The average Bonchev–Trinajstić information content (AvgIpc) is 2.88. The SMILES string of the molecule is CCCC(CBr)(CCC)CSc1nnc2ccccn12. The van der Waals surface area contributed by atoms with E-state index in [1.165, 1.54) is 25.7 Å². The zero-order valence-corrected chi connectivity index (χ0v) is 14.6. The van der Waals surface area contributed by atoms with Crippen LogP contribution in [0.3, 0.4) is 0 Å². The van der Waals surface area contributed by atoms with Crippen LogP contribution in [0.15, 0.2) is 29.6 Å². The Kier molecular flexibility index (Phi) is 5.90. The van der Waals surface area contributed by atoms with Crippen molar-refractivity contribution in [3.8, 4) is 0 Å². The first-order valence-electron chi connectivity index (χ1n) is 7.23. The van der Waals surface area contributed by atoms with Crippen molar-refractivity contribution in [1.82, 2.24) is 14.6 Å². The smallest absolute Gasteiger partial charge is 0.195 e. The number of hydrogen-bond acceptors (Lipinski definition) is 3.